The Morgan fingerprint density at radius 3 is 1.54 bits per heavy atom. The van der Waals surface area contributed by atoms with Crippen molar-refractivity contribution in [3.63, 3.8) is 0 Å². The van der Waals surface area contributed by atoms with E-state index in [4.69, 9.17) is 0 Å². The summed E-state index contributed by atoms with van der Waals surface area (Å²) >= 11 is 0. The van der Waals surface area contributed by atoms with Crippen LogP contribution in [0, 0.1) is 0 Å². The average Bonchev–Trinajstić information content (AvgIpc) is 3.70. The molecule has 2 nitrogen and oxygen atoms in total. The highest BCUT2D eigenvalue weighted by atomic mass is 15.0. The van der Waals surface area contributed by atoms with E-state index >= 15 is 0 Å². The third-order valence-corrected chi connectivity index (χ3v) is 10.1. The Labute approximate surface area is 290 Å². The van der Waals surface area contributed by atoms with Gasteiger partial charge < -0.3 is 9.13 Å². The van der Waals surface area contributed by atoms with E-state index in [1.807, 2.05) is 0 Å². The van der Waals surface area contributed by atoms with Gasteiger partial charge in [-0.15, -0.1) is 0 Å². The number of aromatic nitrogens is 2. The fraction of sp³-hybridized carbons (Fsp3) is 0. The van der Waals surface area contributed by atoms with Crippen molar-refractivity contribution in [1.82, 2.24) is 9.13 Å². The zero-order valence-corrected chi connectivity index (χ0v) is 27.4. The summed E-state index contributed by atoms with van der Waals surface area (Å²) in [6.07, 6.45) is 0. The van der Waals surface area contributed by atoms with Crippen LogP contribution < -0.4 is 0 Å². The summed E-state index contributed by atoms with van der Waals surface area (Å²) < 4.78 is 4.88. The third kappa shape index (κ3) is 4.50. The van der Waals surface area contributed by atoms with Gasteiger partial charge in [0, 0.05) is 32.9 Å². The van der Waals surface area contributed by atoms with Crippen LogP contribution in [0.5, 0.6) is 0 Å². The lowest BCUT2D eigenvalue weighted by Gasteiger charge is -2.12. The van der Waals surface area contributed by atoms with Crippen molar-refractivity contribution in [3.8, 4) is 44.8 Å². The molecule has 2 heteroatoms. The SMILES string of the molecule is c1ccc(-c2cccc(-c3cccc(-n4c5ccccc5c5cc6c(cc54)c4c(-c5ccccc5)cccc4n6-c4ccccc4)c3)c2)cc1. The van der Waals surface area contributed by atoms with Crippen LogP contribution in [0.25, 0.3) is 88.4 Å². The van der Waals surface area contributed by atoms with Gasteiger partial charge in [-0.3, -0.25) is 0 Å². The summed E-state index contributed by atoms with van der Waals surface area (Å²) in [6, 6.07) is 70.4. The molecule has 0 N–H and O–H groups in total. The molecule has 0 aliphatic heterocycles. The highest BCUT2D eigenvalue weighted by Gasteiger charge is 2.20. The molecular weight excluding hydrogens is 605 g/mol. The lowest BCUT2D eigenvalue weighted by Crippen LogP contribution is -1.95. The lowest BCUT2D eigenvalue weighted by molar-refractivity contribution is 1.17. The molecule has 0 atom stereocenters. The van der Waals surface area contributed by atoms with Crippen molar-refractivity contribution >= 4 is 43.6 Å². The number of hydrogen-bond donors (Lipinski definition) is 0. The quantitative estimate of drug-likeness (QED) is 0.178. The van der Waals surface area contributed by atoms with Gasteiger partial charge in [-0.05, 0) is 88.0 Å². The van der Waals surface area contributed by atoms with Crippen LogP contribution in [0.15, 0.2) is 194 Å². The van der Waals surface area contributed by atoms with Gasteiger partial charge in [0.15, 0.2) is 0 Å². The molecule has 0 fully saturated rings. The largest absolute Gasteiger partial charge is 0.309 e. The molecule has 0 aliphatic rings. The first-order valence-electron chi connectivity index (χ1n) is 17.2. The standard InChI is InChI=1S/C48H32N2/c1-4-15-33(16-5-1)35-19-12-20-36(29-35)37-21-13-24-39(30-37)50-44-27-11-10-25-41(44)42-31-47-43(32-46(42)50)48-40(34-17-6-2-7-18-34)26-14-28-45(48)49(47)38-22-8-3-9-23-38/h1-32H. The highest BCUT2D eigenvalue weighted by molar-refractivity contribution is 6.22. The molecule has 234 valence electrons. The minimum Gasteiger partial charge on any atom is -0.309 e. The molecule has 2 heterocycles. The molecular formula is C48H32N2. The Bertz CT molecular complexity index is 2840. The summed E-state index contributed by atoms with van der Waals surface area (Å²) in [5.74, 6) is 0. The van der Waals surface area contributed by atoms with Crippen LogP contribution in [-0.2, 0) is 0 Å². The lowest BCUT2D eigenvalue weighted by atomic mass is 9.98. The van der Waals surface area contributed by atoms with Gasteiger partial charge in [-0.2, -0.15) is 0 Å². The summed E-state index contributed by atoms with van der Waals surface area (Å²) in [4.78, 5) is 0. The van der Waals surface area contributed by atoms with Crippen molar-refractivity contribution in [2.75, 3.05) is 0 Å². The van der Waals surface area contributed by atoms with Crippen molar-refractivity contribution in [1.29, 1.82) is 0 Å². The van der Waals surface area contributed by atoms with Gasteiger partial charge in [-0.25, -0.2) is 0 Å². The zero-order chi connectivity index (χ0) is 33.0. The van der Waals surface area contributed by atoms with E-state index in [9.17, 15) is 0 Å². The zero-order valence-electron chi connectivity index (χ0n) is 27.4. The second kappa shape index (κ2) is 11.5. The van der Waals surface area contributed by atoms with Crippen LogP contribution in [0.3, 0.4) is 0 Å². The minimum atomic E-state index is 1.15. The fourth-order valence-electron chi connectivity index (χ4n) is 7.85. The molecule has 0 aliphatic carbocycles. The van der Waals surface area contributed by atoms with Crippen LogP contribution in [0.2, 0.25) is 0 Å². The molecule has 0 saturated heterocycles. The minimum absolute atomic E-state index is 1.15. The normalized spacial score (nSPS) is 11.6. The predicted molar refractivity (Wildman–Crippen MR) is 211 cm³/mol. The molecule has 0 unspecified atom stereocenters. The topological polar surface area (TPSA) is 9.86 Å². The molecule has 0 spiro atoms. The van der Waals surface area contributed by atoms with Gasteiger partial charge in [0.25, 0.3) is 0 Å². The highest BCUT2D eigenvalue weighted by Crippen LogP contribution is 2.43. The van der Waals surface area contributed by atoms with Crippen LogP contribution >= 0.6 is 0 Å². The molecule has 0 amide bonds. The second-order valence-electron chi connectivity index (χ2n) is 13.0. The Hall–Kier alpha value is -6.64. The third-order valence-electron chi connectivity index (χ3n) is 10.1. The maximum absolute atomic E-state index is 2.45. The van der Waals surface area contributed by atoms with Gasteiger partial charge in [0.1, 0.15) is 0 Å². The van der Waals surface area contributed by atoms with Gasteiger partial charge in [-0.1, -0.05) is 140 Å². The Balaban J connectivity index is 1.26. The van der Waals surface area contributed by atoms with E-state index in [2.05, 4.69) is 203 Å². The Kier molecular flexibility index (Phi) is 6.53. The van der Waals surface area contributed by atoms with Crippen molar-refractivity contribution < 1.29 is 0 Å². The van der Waals surface area contributed by atoms with Gasteiger partial charge in [0.05, 0.1) is 22.1 Å². The summed E-state index contributed by atoms with van der Waals surface area (Å²) in [6.45, 7) is 0. The first-order chi connectivity index (χ1) is 24.8. The number of nitrogens with zero attached hydrogens (tertiary/aromatic N) is 2. The summed E-state index contributed by atoms with van der Waals surface area (Å²) in [5.41, 5.74) is 14.4. The molecule has 0 bridgehead atoms. The maximum atomic E-state index is 2.45. The van der Waals surface area contributed by atoms with Crippen molar-refractivity contribution in [3.05, 3.63) is 194 Å². The van der Waals surface area contributed by atoms with E-state index in [1.165, 1.54) is 77.0 Å². The van der Waals surface area contributed by atoms with Gasteiger partial charge >= 0.3 is 0 Å². The monoisotopic (exact) mass is 636 g/mol. The number of hydrogen-bond acceptors (Lipinski definition) is 0. The first kappa shape index (κ1) is 28.4. The molecule has 10 rings (SSSR count). The van der Waals surface area contributed by atoms with E-state index < -0.39 is 0 Å². The molecule has 8 aromatic carbocycles. The smallest absolute Gasteiger partial charge is 0.0549 e. The van der Waals surface area contributed by atoms with E-state index in [-0.39, 0.29) is 0 Å². The summed E-state index contributed by atoms with van der Waals surface area (Å²) in [7, 11) is 0. The second-order valence-corrected chi connectivity index (χ2v) is 13.0. The number of rotatable bonds is 5. The molecule has 10 aromatic rings. The average molecular weight is 637 g/mol. The van der Waals surface area contributed by atoms with E-state index in [0.29, 0.717) is 0 Å². The van der Waals surface area contributed by atoms with Crippen LogP contribution in [0.4, 0.5) is 0 Å². The molecule has 0 saturated carbocycles. The molecule has 0 radical (unpaired) electrons. The number of para-hydroxylation sites is 2. The summed E-state index contributed by atoms with van der Waals surface area (Å²) in [5, 5.41) is 4.99. The predicted octanol–water partition coefficient (Wildman–Crippen LogP) is 12.9. The van der Waals surface area contributed by atoms with E-state index in [1.54, 1.807) is 0 Å². The fourth-order valence-corrected chi connectivity index (χ4v) is 7.85. The van der Waals surface area contributed by atoms with Crippen molar-refractivity contribution in [2.45, 2.75) is 0 Å². The Morgan fingerprint density at radius 2 is 0.760 bits per heavy atom. The molecule has 50 heavy (non-hydrogen) atoms. The van der Waals surface area contributed by atoms with Crippen LogP contribution in [-0.4, -0.2) is 9.13 Å². The van der Waals surface area contributed by atoms with Crippen LogP contribution in [0.1, 0.15) is 0 Å². The van der Waals surface area contributed by atoms with E-state index in [0.717, 1.165) is 11.4 Å². The number of benzene rings is 8. The van der Waals surface area contributed by atoms with Crippen molar-refractivity contribution in [2.24, 2.45) is 0 Å². The Morgan fingerprint density at radius 1 is 0.260 bits per heavy atom. The number of fused-ring (bicyclic) bond motifs is 6. The maximum Gasteiger partial charge on any atom is 0.0549 e. The molecule has 2 aromatic heterocycles. The van der Waals surface area contributed by atoms with Gasteiger partial charge in [0.2, 0.25) is 0 Å². The first-order valence-corrected chi connectivity index (χ1v) is 17.2.